The van der Waals surface area contributed by atoms with Crippen molar-refractivity contribution in [1.29, 1.82) is 0 Å². The van der Waals surface area contributed by atoms with Gasteiger partial charge >= 0.3 is 5.97 Å². The van der Waals surface area contributed by atoms with E-state index in [1.54, 1.807) is 17.9 Å². The number of phenolic OH excluding ortho intramolecular Hbond substituents is 1. The molecule has 1 N–H and O–H groups in total. The lowest BCUT2D eigenvalue weighted by Gasteiger charge is -2.23. The van der Waals surface area contributed by atoms with E-state index >= 15 is 0 Å². The zero-order valence-corrected chi connectivity index (χ0v) is 12.6. The van der Waals surface area contributed by atoms with Gasteiger partial charge in [-0.3, -0.25) is 4.79 Å². The first-order valence-corrected chi connectivity index (χ1v) is 7.34. The lowest BCUT2D eigenvalue weighted by atomic mass is 10.1. The number of hydrogen-bond acceptors (Lipinski definition) is 4. The van der Waals surface area contributed by atoms with Gasteiger partial charge in [-0.25, -0.2) is 4.79 Å². The van der Waals surface area contributed by atoms with Crippen LogP contribution in [0.4, 0.5) is 0 Å². The third-order valence-corrected chi connectivity index (χ3v) is 3.86. The molecule has 0 spiro atoms. The molecular formula is C15H18ClNO4. The summed E-state index contributed by atoms with van der Waals surface area (Å²) in [5.41, 5.74) is 0.633. The molecule has 114 valence electrons. The molecule has 6 heteroatoms. The first-order chi connectivity index (χ1) is 10.0. The minimum absolute atomic E-state index is 0.0572. The second-order valence-corrected chi connectivity index (χ2v) is 5.36. The summed E-state index contributed by atoms with van der Waals surface area (Å²) in [5.74, 6) is -0.444. The number of halogens is 1. The predicted octanol–water partition coefficient (Wildman–Crippen LogP) is 2.14. The number of aromatic hydroxyl groups is 1. The zero-order chi connectivity index (χ0) is 15.4. The largest absolute Gasteiger partial charge is 0.508 e. The minimum Gasteiger partial charge on any atom is -0.508 e. The standard InChI is InChI=1S/C15H18ClNO4/c1-2-21-15(20)13-4-3-7-17(13)14(19)8-10-5-6-11(18)9-12(10)16/h5-6,9,13,18H,2-4,7-8H2,1H3/t13-/m1/s1. The highest BCUT2D eigenvalue weighted by molar-refractivity contribution is 6.31. The Balaban J connectivity index is 2.06. The average Bonchev–Trinajstić information content (AvgIpc) is 2.91. The van der Waals surface area contributed by atoms with Gasteiger partial charge in [0.1, 0.15) is 11.8 Å². The number of esters is 1. The second kappa shape index (κ2) is 6.80. The van der Waals surface area contributed by atoms with Crippen molar-refractivity contribution >= 4 is 23.5 Å². The molecule has 0 aliphatic carbocycles. The van der Waals surface area contributed by atoms with E-state index in [-0.39, 0.29) is 24.0 Å². The van der Waals surface area contributed by atoms with E-state index in [0.29, 0.717) is 30.2 Å². The van der Waals surface area contributed by atoms with E-state index in [0.717, 1.165) is 6.42 Å². The molecular weight excluding hydrogens is 294 g/mol. The molecule has 0 saturated carbocycles. The quantitative estimate of drug-likeness (QED) is 0.865. The Morgan fingerprint density at radius 3 is 2.90 bits per heavy atom. The van der Waals surface area contributed by atoms with Crippen LogP contribution in [0.2, 0.25) is 5.02 Å². The van der Waals surface area contributed by atoms with Gasteiger partial charge in [0.2, 0.25) is 5.91 Å². The summed E-state index contributed by atoms with van der Waals surface area (Å²) in [5, 5.41) is 9.66. The van der Waals surface area contributed by atoms with Crippen LogP contribution in [-0.4, -0.2) is 41.1 Å². The number of nitrogens with zero attached hydrogens (tertiary/aromatic N) is 1. The molecule has 1 atom stereocenters. The van der Waals surface area contributed by atoms with Gasteiger partial charge in [-0.05, 0) is 37.5 Å². The number of carbonyl (C=O) groups excluding carboxylic acids is 2. The van der Waals surface area contributed by atoms with Crippen LogP contribution in [0.3, 0.4) is 0 Å². The summed E-state index contributed by atoms with van der Waals surface area (Å²) in [6.07, 6.45) is 1.53. The Hall–Kier alpha value is -1.75. The zero-order valence-electron chi connectivity index (χ0n) is 11.8. The predicted molar refractivity (Wildman–Crippen MR) is 78.2 cm³/mol. The maximum atomic E-state index is 12.4. The monoisotopic (exact) mass is 311 g/mol. The number of amides is 1. The van der Waals surface area contributed by atoms with Crippen molar-refractivity contribution in [2.75, 3.05) is 13.2 Å². The maximum absolute atomic E-state index is 12.4. The first kappa shape index (κ1) is 15.6. The van der Waals surface area contributed by atoms with Gasteiger partial charge in [0.15, 0.2) is 0 Å². The Morgan fingerprint density at radius 2 is 2.24 bits per heavy atom. The van der Waals surface area contributed by atoms with E-state index in [9.17, 15) is 14.7 Å². The fraction of sp³-hybridized carbons (Fsp3) is 0.467. The summed E-state index contributed by atoms with van der Waals surface area (Å²) < 4.78 is 5.00. The molecule has 2 rings (SSSR count). The molecule has 1 aliphatic rings. The topological polar surface area (TPSA) is 66.8 Å². The summed E-state index contributed by atoms with van der Waals surface area (Å²) in [4.78, 5) is 25.8. The van der Waals surface area contributed by atoms with Crippen molar-refractivity contribution in [3.8, 4) is 5.75 Å². The molecule has 21 heavy (non-hydrogen) atoms. The van der Waals surface area contributed by atoms with Crippen molar-refractivity contribution in [2.24, 2.45) is 0 Å². The van der Waals surface area contributed by atoms with Gasteiger partial charge in [-0.15, -0.1) is 0 Å². The van der Waals surface area contributed by atoms with Crippen molar-refractivity contribution in [3.63, 3.8) is 0 Å². The summed E-state index contributed by atoms with van der Waals surface area (Å²) in [6, 6.07) is 4.01. The lowest BCUT2D eigenvalue weighted by Crippen LogP contribution is -2.42. The SMILES string of the molecule is CCOC(=O)[C@H]1CCCN1C(=O)Cc1ccc(O)cc1Cl. The number of ether oxygens (including phenoxy) is 1. The van der Waals surface area contributed by atoms with Crippen LogP contribution < -0.4 is 0 Å². The number of carbonyl (C=O) groups is 2. The minimum atomic E-state index is -0.492. The van der Waals surface area contributed by atoms with E-state index in [1.807, 2.05) is 0 Å². The van der Waals surface area contributed by atoms with Crippen LogP contribution >= 0.6 is 11.6 Å². The van der Waals surface area contributed by atoms with Crippen molar-refractivity contribution < 1.29 is 19.4 Å². The van der Waals surface area contributed by atoms with E-state index in [4.69, 9.17) is 16.3 Å². The summed E-state index contributed by atoms with van der Waals surface area (Å²) in [7, 11) is 0. The molecule has 0 unspecified atom stereocenters. The van der Waals surface area contributed by atoms with Gasteiger partial charge in [0.25, 0.3) is 0 Å². The van der Waals surface area contributed by atoms with Crippen molar-refractivity contribution in [1.82, 2.24) is 4.90 Å². The molecule has 1 aromatic carbocycles. The van der Waals surface area contributed by atoms with Crippen molar-refractivity contribution in [2.45, 2.75) is 32.2 Å². The lowest BCUT2D eigenvalue weighted by molar-refractivity contribution is -0.152. The Labute approximate surface area is 128 Å². The Bertz CT molecular complexity index is 546. The molecule has 5 nitrogen and oxygen atoms in total. The van der Waals surface area contributed by atoms with E-state index < -0.39 is 6.04 Å². The summed E-state index contributed by atoms with van der Waals surface area (Å²) >= 11 is 6.01. The Kier molecular flexibility index (Phi) is 5.07. The molecule has 0 aromatic heterocycles. The molecule has 1 amide bonds. The Morgan fingerprint density at radius 1 is 1.48 bits per heavy atom. The molecule has 1 saturated heterocycles. The second-order valence-electron chi connectivity index (χ2n) is 4.95. The molecule has 0 bridgehead atoms. The molecule has 0 radical (unpaired) electrons. The van der Waals surface area contributed by atoms with E-state index in [1.165, 1.54) is 12.1 Å². The summed E-state index contributed by atoms with van der Waals surface area (Å²) in [6.45, 7) is 2.61. The van der Waals surface area contributed by atoms with Gasteiger partial charge in [-0.2, -0.15) is 0 Å². The fourth-order valence-corrected chi connectivity index (χ4v) is 2.73. The van der Waals surface area contributed by atoms with Crippen LogP contribution in [0.25, 0.3) is 0 Å². The fourth-order valence-electron chi connectivity index (χ4n) is 2.49. The van der Waals surface area contributed by atoms with Gasteiger partial charge in [-0.1, -0.05) is 17.7 Å². The number of benzene rings is 1. The van der Waals surface area contributed by atoms with Crippen LogP contribution in [-0.2, 0) is 20.7 Å². The number of likely N-dealkylation sites (tertiary alicyclic amines) is 1. The third-order valence-electron chi connectivity index (χ3n) is 3.51. The average molecular weight is 312 g/mol. The maximum Gasteiger partial charge on any atom is 0.328 e. The van der Waals surface area contributed by atoms with Gasteiger partial charge in [0.05, 0.1) is 13.0 Å². The third kappa shape index (κ3) is 3.67. The van der Waals surface area contributed by atoms with Crippen LogP contribution in [0, 0.1) is 0 Å². The highest BCUT2D eigenvalue weighted by Crippen LogP contribution is 2.24. The smallest absolute Gasteiger partial charge is 0.328 e. The molecule has 1 aliphatic heterocycles. The van der Waals surface area contributed by atoms with Crippen LogP contribution in [0.15, 0.2) is 18.2 Å². The van der Waals surface area contributed by atoms with Gasteiger partial charge < -0.3 is 14.7 Å². The van der Waals surface area contributed by atoms with Crippen LogP contribution in [0.1, 0.15) is 25.3 Å². The highest BCUT2D eigenvalue weighted by Gasteiger charge is 2.35. The first-order valence-electron chi connectivity index (χ1n) is 6.96. The van der Waals surface area contributed by atoms with E-state index in [2.05, 4.69) is 0 Å². The van der Waals surface area contributed by atoms with Gasteiger partial charge in [0, 0.05) is 11.6 Å². The normalized spacial score (nSPS) is 17.8. The van der Waals surface area contributed by atoms with Crippen molar-refractivity contribution in [3.05, 3.63) is 28.8 Å². The highest BCUT2D eigenvalue weighted by atomic mass is 35.5. The number of phenols is 1. The van der Waals surface area contributed by atoms with Crippen LogP contribution in [0.5, 0.6) is 5.75 Å². The number of hydrogen-bond donors (Lipinski definition) is 1. The molecule has 1 heterocycles. The molecule has 1 aromatic rings. The molecule has 1 fully saturated rings. The number of rotatable bonds is 4.